The number of rotatable bonds is 9. The highest BCUT2D eigenvalue weighted by atomic mass is 35.5. The summed E-state index contributed by atoms with van der Waals surface area (Å²) >= 11 is 12.0. The standard InChI is InChI=1S/C29H26Cl2F3NO4S/c1-2-3-23(28(37)38)35-25(18-6-10-20(30)11-7-18)26(19-8-12-21(31)13-9-19)39-24(27(35)36)16-17-4-14-22(15-5-17)40-29(32,33)34/h4-15,23-26H,2-3,16H2,1H3,(H,37,38)/t23?,24-,25+,26-/m0/s1. The first-order valence-electron chi connectivity index (χ1n) is 12.5. The first-order valence-corrected chi connectivity index (χ1v) is 14.1. The van der Waals surface area contributed by atoms with Gasteiger partial charge in [0.2, 0.25) is 0 Å². The molecule has 0 bridgehead atoms. The number of morpholine rings is 1. The third-order valence-electron chi connectivity index (χ3n) is 6.60. The summed E-state index contributed by atoms with van der Waals surface area (Å²) in [5, 5.41) is 11.2. The van der Waals surface area contributed by atoms with Crippen LogP contribution in [0.25, 0.3) is 0 Å². The molecule has 1 N–H and O–H groups in total. The molecule has 4 atom stereocenters. The van der Waals surface area contributed by atoms with Crippen LogP contribution < -0.4 is 0 Å². The Bertz CT molecular complexity index is 1320. The SMILES string of the molecule is CCCC(C(=O)O)N1C(=O)[C@H](Cc2ccc(SC(F)(F)F)cc2)O[C@@H](c2ccc(Cl)cc2)[C@H]1c1ccc(Cl)cc1. The number of thioether (sulfide) groups is 1. The van der Waals surface area contributed by atoms with Crippen LogP contribution in [0.5, 0.6) is 0 Å². The van der Waals surface area contributed by atoms with Gasteiger partial charge in [0.05, 0.1) is 6.04 Å². The molecule has 11 heteroatoms. The maximum atomic E-state index is 14.0. The van der Waals surface area contributed by atoms with Gasteiger partial charge < -0.3 is 14.7 Å². The predicted molar refractivity (Wildman–Crippen MR) is 148 cm³/mol. The number of aliphatic carboxylic acids is 1. The van der Waals surface area contributed by atoms with Gasteiger partial charge in [-0.05, 0) is 71.3 Å². The van der Waals surface area contributed by atoms with Crippen molar-refractivity contribution in [3.8, 4) is 0 Å². The van der Waals surface area contributed by atoms with Gasteiger partial charge in [-0.25, -0.2) is 4.79 Å². The fourth-order valence-corrected chi connectivity index (χ4v) is 5.64. The number of hydrogen-bond acceptors (Lipinski definition) is 4. The van der Waals surface area contributed by atoms with Gasteiger partial charge in [-0.15, -0.1) is 0 Å². The van der Waals surface area contributed by atoms with Gasteiger partial charge in [0.1, 0.15) is 18.2 Å². The first kappa shape index (κ1) is 30.2. The molecule has 1 fully saturated rings. The van der Waals surface area contributed by atoms with E-state index in [1.165, 1.54) is 29.2 Å². The molecule has 0 aromatic heterocycles. The molecule has 1 saturated heterocycles. The molecule has 40 heavy (non-hydrogen) atoms. The molecule has 1 amide bonds. The predicted octanol–water partition coefficient (Wildman–Crippen LogP) is 8.11. The Labute approximate surface area is 244 Å². The van der Waals surface area contributed by atoms with E-state index in [0.29, 0.717) is 33.2 Å². The number of carboxylic acids is 1. The first-order chi connectivity index (χ1) is 19.0. The smallest absolute Gasteiger partial charge is 0.446 e. The van der Waals surface area contributed by atoms with Gasteiger partial charge in [-0.2, -0.15) is 13.2 Å². The number of hydrogen-bond donors (Lipinski definition) is 1. The molecular formula is C29H26Cl2F3NO4S. The molecule has 1 heterocycles. The fraction of sp³-hybridized carbons (Fsp3) is 0.310. The highest BCUT2D eigenvalue weighted by Crippen LogP contribution is 2.45. The van der Waals surface area contributed by atoms with Gasteiger partial charge in [-0.3, -0.25) is 4.79 Å². The van der Waals surface area contributed by atoms with E-state index in [-0.39, 0.29) is 29.5 Å². The molecule has 0 spiro atoms. The van der Waals surface area contributed by atoms with E-state index in [4.69, 9.17) is 27.9 Å². The van der Waals surface area contributed by atoms with E-state index in [1.54, 1.807) is 48.5 Å². The number of ether oxygens (including phenoxy) is 1. The van der Waals surface area contributed by atoms with Crippen molar-refractivity contribution in [1.82, 2.24) is 4.90 Å². The highest BCUT2D eigenvalue weighted by molar-refractivity contribution is 8.00. The van der Waals surface area contributed by atoms with Crippen molar-refractivity contribution in [2.75, 3.05) is 0 Å². The molecule has 1 aliphatic rings. The second-order valence-electron chi connectivity index (χ2n) is 9.38. The molecule has 3 aromatic rings. The van der Waals surface area contributed by atoms with Gasteiger partial charge in [0.15, 0.2) is 0 Å². The van der Waals surface area contributed by atoms with E-state index >= 15 is 0 Å². The summed E-state index contributed by atoms with van der Waals surface area (Å²) in [7, 11) is 0. The monoisotopic (exact) mass is 611 g/mol. The Morgan fingerprint density at radius 1 is 0.975 bits per heavy atom. The molecule has 0 saturated carbocycles. The van der Waals surface area contributed by atoms with E-state index in [2.05, 4.69) is 0 Å². The number of nitrogens with zero attached hydrogens (tertiary/aromatic N) is 1. The number of halogens is 5. The molecule has 0 aliphatic carbocycles. The van der Waals surface area contributed by atoms with Crippen LogP contribution in [0.4, 0.5) is 13.2 Å². The zero-order chi connectivity index (χ0) is 29.0. The number of carboxylic acid groups (broad SMARTS) is 1. The number of amides is 1. The van der Waals surface area contributed by atoms with Crippen LogP contribution in [0.3, 0.4) is 0 Å². The van der Waals surface area contributed by atoms with Crippen molar-refractivity contribution in [2.45, 2.75) is 60.9 Å². The van der Waals surface area contributed by atoms with Gasteiger partial charge in [0, 0.05) is 21.4 Å². The molecule has 1 unspecified atom stereocenters. The summed E-state index contributed by atoms with van der Waals surface area (Å²) in [6, 6.07) is 17.5. The lowest BCUT2D eigenvalue weighted by atomic mass is 9.88. The third-order valence-corrected chi connectivity index (χ3v) is 7.84. The second kappa shape index (κ2) is 12.9. The average Bonchev–Trinajstić information content (AvgIpc) is 2.90. The topological polar surface area (TPSA) is 66.8 Å². The van der Waals surface area contributed by atoms with Crippen molar-refractivity contribution < 1.29 is 32.6 Å². The lowest BCUT2D eigenvalue weighted by Crippen LogP contribution is -2.57. The summed E-state index contributed by atoms with van der Waals surface area (Å²) in [6.07, 6.45) is -1.07. The zero-order valence-corrected chi connectivity index (χ0v) is 23.6. The van der Waals surface area contributed by atoms with Crippen LogP contribution in [-0.2, 0) is 20.7 Å². The zero-order valence-electron chi connectivity index (χ0n) is 21.3. The maximum absolute atomic E-state index is 14.0. The minimum atomic E-state index is -4.42. The fourth-order valence-electron chi connectivity index (χ4n) is 4.85. The van der Waals surface area contributed by atoms with Crippen molar-refractivity contribution in [2.24, 2.45) is 0 Å². The van der Waals surface area contributed by atoms with E-state index < -0.39 is 41.7 Å². The average molecular weight is 612 g/mol. The largest absolute Gasteiger partial charge is 0.480 e. The Kier molecular flexibility index (Phi) is 9.72. The summed E-state index contributed by atoms with van der Waals surface area (Å²) < 4.78 is 44.7. The van der Waals surface area contributed by atoms with Gasteiger partial charge >= 0.3 is 11.5 Å². The van der Waals surface area contributed by atoms with Crippen molar-refractivity contribution in [3.63, 3.8) is 0 Å². The summed E-state index contributed by atoms with van der Waals surface area (Å²) in [6.45, 7) is 1.84. The lowest BCUT2D eigenvalue weighted by molar-refractivity contribution is -0.184. The van der Waals surface area contributed by atoms with E-state index in [9.17, 15) is 27.9 Å². The normalized spacial score (nSPS) is 20.4. The molecule has 5 nitrogen and oxygen atoms in total. The molecule has 4 rings (SSSR count). The molecule has 3 aromatic carbocycles. The minimum Gasteiger partial charge on any atom is -0.480 e. The molecular weight excluding hydrogens is 586 g/mol. The third kappa shape index (κ3) is 7.32. The molecule has 212 valence electrons. The van der Waals surface area contributed by atoms with Crippen LogP contribution in [0.15, 0.2) is 77.7 Å². The highest BCUT2D eigenvalue weighted by Gasteiger charge is 2.48. The van der Waals surface area contributed by atoms with Crippen LogP contribution in [-0.4, -0.2) is 39.5 Å². The van der Waals surface area contributed by atoms with Crippen molar-refractivity contribution >= 4 is 46.8 Å². The Balaban J connectivity index is 1.77. The van der Waals surface area contributed by atoms with E-state index in [0.717, 1.165) is 0 Å². The number of benzene rings is 3. The van der Waals surface area contributed by atoms with Crippen molar-refractivity contribution in [3.05, 3.63) is 99.5 Å². The van der Waals surface area contributed by atoms with Crippen LogP contribution in [0.2, 0.25) is 10.0 Å². The van der Waals surface area contributed by atoms with Gasteiger partial charge in [-0.1, -0.05) is 72.9 Å². The minimum absolute atomic E-state index is 0.0181. The summed E-state index contributed by atoms with van der Waals surface area (Å²) in [5.41, 5.74) is -2.51. The second-order valence-corrected chi connectivity index (χ2v) is 11.4. The van der Waals surface area contributed by atoms with Crippen molar-refractivity contribution in [1.29, 1.82) is 0 Å². The number of carbonyl (C=O) groups is 2. The number of alkyl halides is 3. The van der Waals surface area contributed by atoms with Crippen LogP contribution in [0.1, 0.15) is 48.6 Å². The summed E-state index contributed by atoms with van der Waals surface area (Å²) in [4.78, 5) is 27.9. The Morgan fingerprint density at radius 2 is 1.52 bits per heavy atom. The van der Waals surface area contributed by atoms with E-state index in [1.807, 2.05) is 6.92 Å². The molecule has 1 aliphatic heterocycles. The van der Waals surface area contributed by atoms with Crippen LogP contribution in [0, 0.1) is 0 Å². The van der Waals surface area contributed by atoms with Crippen LogP contribution >= 0.6 is 35.0 Å². The summed E-state index contributed by atoms with van der Waals surface area (Å²) in [5.74, 6) is -1.65. The quantitative estimate of drug-likeness (QED) is 0.248. The Morgan fingerprint density at radius 3 is 2.02 bits per heavy atom. The molecule has 0 radical (unpaired) electrons. The lowest BCUT2D eigenvalue weighted by Gasteiger charge is -2.47. The van der Waals surface area contributed by atoms with Gasteiger partial charge in [0.25, 0.3) is 5.91 Å². The number of carbonyl (C=O) groups excluding carboxylic acids is 1. The maximum Gasteiger partial charge on any atom is 0.446 e. The Hall–Kier alpha value is -2.72.